The van der Waals surface area contributed by atoms with E-state index in [-0.39, 0.29) is 23.5 Å². The van der Waals surface area contributed by atoms with Crippen LogP contribution in [-0.4, -0.2) is 23.4 Å². The number of Topliss-reactive ketones (excluding diaryl/α,β-unsaturated/α-hetero) is 1. The first kappa shape index (κ1) is 11.4. The van der Waals surface area contributed by atoms with Gasteiger partial charge in [0.1, 0.15) is 0 Å². The molecule has 0 amide bonds. The van der Waals surface area contributed by atoms with Gasteiger partial charge in [-0.05, 0) is 25.0 Å². The predicted molar refractivity (Wildman–Crippen MR) is 56.3 cm³/mol. The van der Waals surface area contributed by atoms with Crippen molar-refractivity contribution in [2.24, 2.45) is 5.73 Å². The standard InChI is InChI=1S/C11H13NO3/c1-6-3-4-7(2)10(11(14)15)9(6)8(13)5-12/h3-4H,5,12H2,1-2H3,(H,14,15). The van der Waals surface area contributed by atoms with E-state index in [1.165, 1.54) is 0 Å². The maximum atomic E-state index is 11.5. The topological polar surface area (TPSA) is 80.4 Å². The number of nitrogens with two attached hydrogens (primary N) is 1. The Kier molecular flexibility index (Phi) is 3.21. The van der Waals surface area contributed by atoms with E-state index >= 15 is 0 Å². The van der Waals surface area contributed by atoms with E-state index in [2.05, 4.69) is 0 Å². The molecule has 1 rings (SSSR count). The van der Waals surface area contributed by atoms with Crippen LogP contribution in [0.5, 0.6) is 0 Å². The Balaban J connectivity index is 3.52. The van der Waals surface area contributed by atoms with Crippen LogP contribution in [0.15, 0.2) is 12.1 Å². The highest BCUT2D eigenvalue weighted by molar-refractivity contribution is 6.08. The number of carboxylic acid groups (broad SMARTS) is 1. The molecular formula is C11H13NO3. The lowest BCUT2D eigenvalue weighted by molar-refractivity contribution is 0.0691. The lowest BCUT2D eigenvalue weighted by atomic mass is 9.94. The molecule has 0 saturated carbocycles. The molecule has 0 bridgehead atoms. The van der Waals surface area contributed by atoms with E-state index in [1.807, 2.05) is 0 Å². The number of rotatable bonds is 3. The van der Waals surface area contributed by atoms with Gasteiger partial charge in [-0.3, -0.25) is 4.79 Å². The van der Waals surface area contributed by atoms with Gasteiger partial charge in [0.2, 0.25) is 0 Å². The second kappa shape index (κ2) is 4.23. The summed E-state index contributed by atoms with van der Waals surface area (Å²) < 4.78 is 0. The molecule has 0 saturated heterocycles. The zero-order chi connectivity index (χ0) is 11.6. The van der Waals surface area contributed by atoms with Gasteiger partial charge in [0.05, 0.1) is 12.1 Å². The minimum atomic E-state index is -1.09. The highest BCUT2D eigenvalue weighted by Crippen LogP contribution is 2.19. The van der Waals surface area contributed by atoms with Crippen molar-refractivity contribution in [1.82, 2.24) is 0 Å². The SMILES string of the molecule is Cc1ccc(C)c(C(=O)CN)c1C(=O)O. The molecule has 0 aliphatic rings. The van der Waals surface area contributed by atoms with Gasteiger partial charge in [0.15, 0.2) is 5.78 Å². The summed E-state index contributed by atoms with van der Waals surface area (Å²) in [6.07, 6.45) is 0. The minimum Gasteiger partial charge on any atom is -0.478 e. The van der Waals surface area contributed by atoms with Gasteiger partial charge in [-0.25, -0.2) is 4.79 Å². The average molecular weight is 207 g/mol. The van der Waals surface area contributed by atoms with Crippen molar-refractivity contribution in [3.05, 3.63) is 34.4 Å². The Morgan fingerprint density at radius 3 is 2.07 bits per heavy atom. The van der Waals surface area contributed by atoms with E-state index < -0.39 is 5.97 Å². The molecule has 0 aliphatic heterocycles. The van der Waals surface area contributed by atoms with Crippen molar-refractivity contribution in [3.8, 4) is 0 Å². The third-order valence-corrected chi connectivity index (χ3v) is 2.30. The summed E-state index contributed by atoms with van der Waals surface area (Å²) in [5.41, 5.74) is 6.76. The lowest BCUT2D eigenvalue weighted by Gasteiger charge is -2.10. The summed E-state index contributed by atoms with van der Waals surface area (Å²) in [6, 6.07) is 3.41. The molecule has 15 heavy (non-hydrogen) atoms. The Bertz CT molecular complexity index is 424. The Hall–Kier alpha value is -1.68. The second-order valence-corrected chi connectivity index (χ2v) is 3.38. The van der Waals surface area contributed by atoms with Gasteiger partial charge < -0.3 is 10.8 Å². The second-order valence-electron chi connectivity index (χ2n) is 3.38. The number of carbonyl (C=O) groups is 2. The third kappa shape index (κ3) is 2.05. The third-order valence-electron chi connectivity index (χ3n) is 2.30. The van der Waals surface area contributed by atoms with Crippen LogP contribution < -0.4 is 5.73 Å². The molecule has 0 aromatic heterocycles. The quantitative estimate of drug-likeness (QED) is 0.728. The summed E-state index contributed by atoms with van der Waals surface area (Å²) in [4.78, 5) is 22.5. The highest BCUT2D eigenvalue weighted by atomic mass is 16.4. The van der Waals surface area contributed by atoms with Crippen LogP contribution in [0.3, 0.4) is 0 Å². The zero-order valence-corrected chi connectivity index (χ0v) is 8.70. The van der Waals surface area contributed by atoms with Gasteiger partial charge >= 0.3 is 5.97 Å². The van der Waals surface area contributed by atoms with Crippen molar-refractivity contribution < 1.29 is 14.7 Å². The molecule has 1 aromatic rings. The van der Waals surface area contributed by atoms with Gasteiger partial charge in [0, 0.05) is 5.56 Å². The summed E-state index contributed by atoms with van der Waals surface area (Å²) in [5, 5.41) is 9.02. The zero-order valence-electron chi connectivity index (χ0n) is 8.70. The van der Waals surface area contributed by atoms with Crippen LogP contribution in [-0.2, 0) is 0 Å². The first-order valence-electron chi connectivity index (χ1n) is 4.55. The summed E-state index contributed by atoms with van der Waals surface area (Å²) in [7, 11) is 0. The maximum Gasteiger partial charge on any atom is 0.336 e. The Morgan fingerprint density at radius 1 is 1.20 bits per heavy atom. The number of hydrogen-bond acceptors (Lipinski definition) is 3. The van der Waals surface area contributed by atoms with Gasteiger partial charge in [-0.2, -0.15) is 0 Å². The number of carbonyl (C=O) groups excluding carboxylic acids is 1. The largest absolute Gasteiger partial charge is 0.478 e. The first-order chi connectivity index (χ1) is 6.99. The molecule has 0 aliphatic carbocycles. The monoisotopic (exact) mass is 207 g/mol. The summed E-state index contributed by atoms with van der Waals surface area (Å²) in [6.45, 7) is 3.19. The molecule has 0 radical (unpaired) electrons. The van der Waals surface area contributed by atoms with Crippen molar-refractivity contribution in [2.75, 3.05) is 6.54 Å². The smallest absolute Gasteiger partial charge is 0.336 e. The van der Waals surface area contributed by atoms with Crippen LogP contribution in [0, 0.1) is 13.8 Å². The molecule has 0 atom stereocenters. The lowest BCUT2D eigenvalue weighted by Crippen LogP contribution is -2.19. The molecule has 0 heterocycles. The fraction of sp³-hybridized carbons (Fsp3) is 0.273. The maximum absolute atomic E-state index is 11.5. The number of benzene rings is 1. The number of aryl methyl sites for hydroxylation is 2. The average Bonchev–Trinajstić information content (AvgIpc) is 2.19. The molecule has 3 N–H and O–H groups in total. The number of ketones is 1. The molecule has 0 unspecified atom stereocenters. The number of carboxylic acids is 1. The number of hydrogen-bond donors (Lipinski definition) is 2. The van der Waals surface area contributed by atoms with E-state index in [9.17, 15) is 9.59 Å². The number of aromatic carboxylic acids is 1. The van der Waals surface area contributed by atoms with Gasteiger partial charge in [-0.1, -0.05) is 12.1 Å². The van der Waals surface area contributed by atoms with Crippen LogP contribution in [0.25, 0.3) is 0 Å². The van der Waals surface area contributed by atoms with Crippen LogP contribution >= 0.6 is 0 Å². The molecule has 4 heteroatoms. The van der Waals surface area contributed by atoms with Crippen LogP contribution in [0.4, 0.5) is 0 Å². The van der Waals surface area contributed by atoms with Crippen molar-refractivity contribution in [1.29, 1.82) is 0 Å². The van der Waals surface area contributed by atoms with Crippen LogP contribution in [0.2, 0.25) is 0 Å². The summed E-state index contributed by atoms with van der Waals surface area (Å²) >= 11 is 0. The normalized spacial score (nSPS) is 10.1. The van der Waals surface area contributed by atoms with E-state index in [0.29, 0.717) is 11.1 Å². The molecular weight excluding hydrogens is 194 g/mol. The van der Waals surface area contributed by atoms with E-state index in [4.69, 9.17) is 10.8 Å². The van der Waals surface area contributed by atoms with Gasteiger partial charge in [-0.15, -0.1) is 0 Å². The fourth-order valence-electron chi connectivity index (χ4n) is 1.55. The Morgan fingerprint density at radius 2 is 1.67 bits per heavy atom. The molecule has 0 spiro atoms. The van der Waals surface area contributed by atoms with Gasteiger partial charge in [0.25, 0.3) is 0 Å². The first-order valence-corrected chi connectivity index (χ1v) is 4.55. The van der Waals surface area contributed by atoms with Crippen molar-refractivity contribution >= 4 is 11.8 Å². The fourth-order valence-corrected chi connectivity index (χ4v) is 1.55. The molecule has 80 valence electrons. The Labute approximate surface area is 87.7 Å². The van der Waals surface area contributed by atoms with E-state index in [1.54, 1.807) is 26.0 Å². The molecule has 0 fully saturated rings. The molecule has 1 aromatic carbocycles. The predicted octanol–water partition coefficient (Wildman–Crippen LogP) is 1.14. The summed E-state index contributed by atoms with van der Waals surface area (Å²) in [5.74, 6) is -1.43. The highest BCUT2D eigenvalue weighted by Gasteiger charge is 2.19. The van der Waals surface area contributed by atoms with Crippen molar-refractivity contribution in [2.45, 2.75) is 13.8 Å². The van der Waals surface area contributed by atoms with Crippen molar-refractivity contribution in [3.63, 3.8) is 0 Å². The minimum absolute atomic E-state index is 0.0606. The van der Waals surface area contributed by atoms with E-state index in [0.717, 1.165) is 0 Å². The molecule has 4 nitrogen and oxygen atoms in total. The van der Waals surface area contributed by atoms with Crippen LogP contribution in [0.1, 0.15) is 31.8 Å².